The molecule has 1 fully saturated rings. The van der Waals surface area contributed by atoms with Crippen LogP contribution in [0.15, 0.2) is 42.5 Å². The summed E-state index contributed by atoms with van der Waals surface area (Å²) in [6.45, 7) is -0.599. The van der Waals surface area contributed by atoms with E-state index in [-0.39, 0.29) is 5.56 Å². The third kappa shape index (κ3) is 2.21. The normalized spacial score (nSPS) is 35.7. The van der Waals surface area contributed by atoms with Crippen molar-refractivity contribution in [3.8, 4) is 0 Å². The summed E-state index contributed by atoms with van der Waals surface area (Å²) in [6.07, 6.45) is -6.09. The predicted molar refractivity (Wildman–Crippen MR) is 77.8 cm³/mol. The number of fused-ring (bicyclic) bond motifs is 1. The molecule has 3 rings (SSSR count). The second-order valence-corrected chi connectivity index (χ2v) is 5.49. The van der Waals surface area contributed by atoms with Crippen LogP contribution in [-0.4, -0.2) is 56.6 Å². The molecule has 5 N–H and O–H groups in total. The molecule has 1 heterocycles. The van der Waals surface area contributed by atoms with Crippen molar-refractivity contribution in [1.29, 1.82) is 0 Å². The molecule has 6 heteroatoms. The van der Waals surface area contributed by atoms with Crippen molar-refractivity contribution < 1.29 is 30.3 Å². The Morgan fingerprint density at radius 1 is 0.955 bits per heavy atom. The molecule has 0 spiro atoms. The minimum absolute atomic E-state index is 0.266. The van der Waals surface area contributed by atoms with Crippen molar-refractivity contribution >= 4 is 10.8 Å². The molecule has 1 aliphatic heterocycles. The lowest BCUT2D eigenvalue weighted by molar-refractivity contribution is -0.357. The fourth-order valence-corrected chi connectivity index (χ4v) is 2.91. The van der Waals surface area contributed by atoms with Gasteiger partial charge in [0, 0.05) is 5.56 Å². The van der Waals surface area contributed by atoms with E-state index >= 15 is 0 Å². The summed E-state index contributed by atoms with van der Waals surface area (Å²) in [5, 5.41) is 51.6. The largest absolute Gasteiger partial charge is 0.394 e. The number of hydrogen-bond donors (Lipinski definition) is 5. The highest BCUT2D eigenvalue weighted by Gasteiger charge is 2.54. The van der Waals surface area contributed by atoms with Crippen LogP contribution in [0.2, 0.25) is 0 Å². The Kier molecular flexibility index (Phi) is 3.90. The first-order valence-electron chi connectivity index (χ1n) is 7.02. The zero-order valence-corrected chi connectivity index (χ0v) is 11.7. The number of aliphatic hydroxyl groups is 5. The number of ether oxygens (including phenoxy) is 1. The number of aliphatic hydroxyl groups excluding tert-OH is 4. The van der Waals surface area contributed by atoms with Gasteiger partial charge in [-0.3, -0.25) is 0 Å². The fraction of sp³-hybridized carbons (Fsp3) is 0.375. The summed E-state index contributed by atoms with van der Waals surface area (Å²) in [7, 11) is 0. The molecular weight excluding hydrogens is 288 g/mol. The first-order chi connectivity index (χ1) is 10.5. The average Bonchev–Trinajstić information content (AvgIpc) is 2.56. The van der Waals surface area contributed by atoms with Crippen LogP contribution < -0.4 is 0 Å². The van der Waals surface area contributed by atoms with Gasteiger partial charge in [0.25, 0.3) is 0 Å². The summed E-state index contributed by atoms with van der Waals surface area (Å²) in [4.78, 5) is 0. The van der Waals surface area contributed by atoms with Gasteiger partial charge in [0.15, 0.2) is 0 Å². The summed E-state index contributed by atoms with van der Waals surface area (Å²) in [6, 6.07) is 12.3. The summed E-state index contributed by atoms with van der Waals surface area (Å²) in [5.41, 5.74) is 0.266. The van der Waals surface area contributed by atoms with Crippen LogP contribution in [0.25, 0.3) is 10.8 Å². The lowest BCUT2D eigenvalue weighted by Crippen LogP contribution is -2.63. The van der Waals surface area contributed by atoms with E-state index in [1.807, 2.05) is 18.2 Å². The van der Waals surface area contributed by atoms with Crippen molar-refractivity contribution in [3.05, 3.63) is 48.0 Å². The maximum absolute atomic E-state index is 10.8. The Balaban J connectivity index is 2.14. The monoisotopic (exact) mass is 306 g/mol. The molecule has 0 aliphatic carbocycles. The first kappa shape index (κ1) is 15.4. The molecule has 2 aromatic rings. The van der Waals surface area contributed by atoms with Gasteiger partial charge in [0.05, 0.1) is 6.61 Å². The Bertz CT molecular complexity index is 667. The molecule has 0 bridgehead atoms. The third-order valence-electron chi connectivity index (χ3n) is 4.14. The minimum Gasteiger partial charge on any atom is -0.394 e. The lowest BCUT2D eigenvalue weighted by atomic mass is 9.86. The average molecular weight is 306 g/mol. The van der Waals surface area contributed by atoms with Crippen molar-refractivity contribution in [2.75, 3.05) is 6.61 Å². The smallest absolute Gasteiger partial charge is 0.223 e. The van der Waals surface area contributed by atoms with Crippen molar-refractivity contribution in [1.82, 2.24) is 0 Å². The van der Waals surface area contributed by atoms with Crippen LogP contribution in [-0.2, 0) is 10.5 Å². The van der Waals surface area contributed by atoms with Crippen molar-refractivity contribution in [2.24, 2.45) is 0 Å². The molecular formula is C16H18O6. The highest BCUT2D eigenvalue weighted by Crippen LogP contribution is 2.39. The molecule has 0 unspecified atom stereocenters. The Labute approximate surface area is 126 Å². The van der Waals surface area contributed by atoms with E-state index in [4.69, 9.17) is 4.74 Å². The molecule has 0 aromatic heterocycles. The second-order valence-electron chi connectivity index (χ2n) is 5.49. The maximum Gasteiger partial charge on any atom is 0.223 e. The summed E-state index contributed by atoms with van der Waals surface area (Å²) in [5.74, 6) is -2.23. The first-order valence-corrected chi connectivity index (χ1v) is 7.02. The quantitative estimate of drug-likeness (QED) is 0.510. The van der Waals surface area contributed by atoms with E-state index in [2.05, 4.69) is 0 Å². The Morgan fingerprint density at radius 3 is 2.36 bits per heavy atom. The van der Waals surface area contributed by atoms with Gasteiger partial charge in [0.1, 0.15) is 24.4 Å². The zero-order chi connectivity index (χ0) is 15.9. The van der Waals surface area contributed by atoms with E-state index in [0.29, 0.717) is 5.39 Å². The van der Waals surface area contributed by atoms with Gasteiger partial charge < -0.3 is 30.3 Å². The number of benzene rings is 2. The minimum atomic E-state index is -2.23. The molecule has 0 radical (unpaired) electrons. The van der Waals surface area contributed by atoms with Gasteiger partial charge in [-0.2, -0.15) is 0 Å². The van der Waals surface area contributed by atoms with Crippen LogP contribution in [0.5, 0.6) is 0 Å². The molecule has 0 saturated carbocycles. The highest BCUT2D eigenvalue weighted by molar-refractivity contribution is 5.86. The lowest BCUT2D eigenvalue weighted by Gasteiger charge is -2.45. The topological polar surface area (TPSA) is 110 Å². The maximum atomic E-state index is 10.8. The standard InChI is InChI=1S/C16H18O6/c17-8-12-13(18)14(19)15(20)16(21,22-12)11-7-3-5-9-4-1-2-6-10(9)11/h1-7,12-15,17-21H,8H2/t12-,13-,14+,15+,16-/m1/s1. The summed E-state index contributed by atoms with van der Waals surface area (Å²) >= 11 is 0. The molecule has 6 nitrogen and oxygen atoms in total. The van der Waals surface area contributed by atoms with Crippen LogP contribution in [0.1, 0.15) is 5.56 Å². The predicted octanol–water partition coefficient (Wildman–Crippen LogP) is -0.541. The Hall–Kier alpha value is -1.54. The van der Waals surface area contributed by atoms with Crippen LogP contribution in [0, 0.1) is 0 Å². The number of hydrogen-bond acceptors (Lipinski definition) is 6. The van der Waals surface area contributed by atoms with Gasteiger partial charge in [-0.1, -0.05) is 42.5 Å². The van der Waals surface area contributed by atoms with E-state index in [1.165, 1.54) is 0 Å². The molecule has 22 heavy (non-hydrogen) atoms. The zero-order valence-electron chi connectivity index (χ0n) is 11.7. The van der Waals surface area contributed by atoms with Gasteiger partial charge in [-0.25, -0.2) is 0 Å². The molecule has 0 amide bonds. The van der Waals surface area contributed by atoms with Gasteiger partial charge >= 0.3 is 0 Å². The van der Waals surface area contributed by atoms with Crippen molar-refractivity contribution in [2.45, 2.75) is 30.2 Å². The molecule has 2 aromatic carbocycles. The second kappa shape index (κ2) is 5.58. The SMILES string of the molecule is OC[C@H]1O[C@](O)(c2cccc3ccccc23)[C@@H](O)[C@@H](O)[C@@H]1O. The molecule has 1 aliphatic rings. The van der Waals surface area contributed by atoms with Crippen LogP contribution in [0.4, 0.5) is 0 Å². The van der Waals surface area contributed by atoms with E-state index in [1.54, 1.807) is 24.3 Å². The van der Waals surface area contributed by atoms with Crippen molar-refractivity contribution in [3.63, 3.8) is 0 Å². The third-order valence-corrected chi connectivity index (χ3v) is 4.14. The van der Waals surface area contributed by atoms with Gasteiger partial charge in [0.2, 0.25) is 5.79 Å². The van der Waals surface area contributed by atoms with E-state index in [0.717, 1.165) is 5.39 Å². The van der Waals surface area contributed by atoms with Gasteiger partial charge in [-0.15, -0.1) is 0 Å². The van der Waals surface area contributed by atoms with E-state index < -0.39 is 36.8 Å². The van der Waals surface area contributed by atoms with Crippen LogP contribution >= 0.6 is 0 Å². The fourth-order valence-electron chi connectivity index (χ4n) is 2.91. The molecule has 5 atom stereocenters. The molecule has 1 saturated heterocycles. The molecule has 118 valence electrons. The summed E-state index contributed by atoms with van der Waals surface area (Å²) < 4.78 is 5.36. The van der Waals surface area contributed by atoms with Gasteiger partial charge in [-0.05, 0) is 10.8 Å². The number of rotatable bonds is 2. The Morgan fingerprint density at radius 2 is 1.64 bits per heavy atom. The highest BCUT2D eigenvalue weighted by atomic mass is 16.7. The van der Waals surface area contributed by atoms with Crippen LogP contribution in [0.3, 0.4) is 0 Å². The van der Waals surface area contributed by atoms with E-state index in [9.17, 15) is 25.5 Å².